The van der Waals surface area contributed by atoms with E-state index >= 15 is 0 Å². The highest BCUT2D eigenvalue weighted by Crippen LogP contribution is 2.26. The number of benzene rings is 1. The van der Waals surface area contributed by atoms with Crippen molar-refractivity contribution in [2.45, 2.75) is 32.9 Å². The molecule has 2 N–H and O–H groups in total. The quantitative estimate of drug-likeness (QED) is 0.886. The fourth-order valence-corrected chi connectivity index (χ4v) is 3.50. The van der Waals surface area contributed by atoms with Gasteiger partial charge in [-0.15, -0.1) is 11.3 Å². The molecule has 0 saturated heterocycles. The predicted molar refractivity (Wildman–Crippen MR) is 82.9 cm³/mol. The Labute approximate surface area is 118 Å². The molecule has 0 unspecified atom stereocenters. The Hall–Kier alpha value is -1.32. The largest absolute Gasteiger partial charge is 0.385 e. The summed E-state index contributed by atoms with van der Waals surface area (Å²) < 4.78 is 0. The van der Waals surface area contributed by atoms with Crippen LogP contribution in [0.3, 0.4) is 0 Å². The Bertz CT molecular complexity index is 560. The second-order valence-corrected chi connectivity index (χ2v) is 6.11. The maximum absolute atomic E-state index is 3.57. The second-order valence-electron chi connectivity index (χ2n) is 5.11. The summed E-state index contributed by atoms with van der Waals surface area (Å²) in [6.07, 6.45) is 2.46. The summed E-state index contributed by atoms with van der Waals surface area (Å²) in [7, 11) is 0. The lowest BCUT2D eigenvalue weighted by molar-refractivity contribution is 0.695. The van der Waals surface area contributed by atoms with E-state index in [4.69, 9.17) is 0 Å². The van der Waals surface area contributed by atoms with Gasteiger partial charge in [0, 0.05) is 30.2 Å². The lowest BCUT2D eigenvalue weighted by Crippen LogP contribution is -2.18. The molecule has 2 aromatic rings. The molecular weight excluding hydrogens is 252 g/mol. The molecule has 1 aliphatic heterocycles. The van der Waals surface area contributed by atoms with Crippen molar-refractivity contribution in [2.24, 2.45) is 0 Å². The summed E-state index contributed by atoms with van der Waals surface area (Å²) in [4.78, 5) is 1.44. The lowest BCUT2D eigenvalue weighted by Gasteiger charge is -2.21. The minimum atomic E-state index is 0.938. The van der Waals surface area contributed by atoms with Crippen molar-refractivity contribution in [3.05, 3.63) is 51.2 Å². The topological polar surface area (TPSA) is 24.1 Å². The van der Waals surface area contributed by atoms with Gasteiger partial charge in [0.15, 0.2) is 0 Å². The van der Waals surface area contributed by atoms with Crippen molar-refractivity contribution in [3.8, 4) is 0 Å². The number of hydrogen-bond acceptors (Lipinski definition) is 3. The van der Waals surface area contributed by atoms with Crippen molar-refractivity contribution in [1.82, 2.24) is 5.32 Å². The summed E-state index contributed by atoms with van der Waals surface area (Å²) in [6, 6.07) is 8.84. The predicted octanol–water partition coefficient (Wildman–Crippen LogP) is 3.70. The number of para-hydroxylation sites is 1. The van der Waals surface area contributed by atoms with Crippen LogP contribution >= 0.6 is 11.3 Å². The van der Waals surface area contributed by atoms with E-state index in [1.165, 1.54) is 40.1 Å². The van der Waals surface area contributed by atoms with Crippen LogP contribution in [0.25, 0.3) is 0 Å². The third-order valence-electron chi connectivity index (χ3n) is 3.73. The number of rotatable bonds is 4. The Morgan fingerprint density at radius 1 is 1.26 bits per heavy atom. The van der Waals surface area contributed by atoms with Crippen molar-refractivity contribution in [2.75, 3.05) is 11.9 Å². The minimum absolute atomic E-state index is 0.938. The molecule has 1 aromatic heterocycles. The number of aryl methyl sites for hydroxylation is 2. The summed E-state index contributed by atoms with van der Waals surface area (Å²) in [6.45, 7) is 5.19. The van der Waals surface area contributed by atoms with Gasteiger partial charge in [-0.1, -0.05) is 18.2 Å². The van der Waals surface area contributed by atoms with Crippen LogP contribution in [0.5, 0.6) is 0 Å². The Morgan fingerprint density at radius 2 is 2.21 bits per heavy atom. The highest BCUT2D eigenvalue weighted by molar-refractivity contribution is 7.10. The van der Waals surface area contributed by atoms with Gasteiger partial charge in [0.1, 0.15) is 0 Å². The zero-order valence-corrected chi connectivity index (χ0v) is 12.1. The van der Waals surface area contributed by atoms with E-state index in [0.29, 0.717) is 0 Å². The third kappa shape index (κ3) is 2.82. The van der Waals surface area contributed by atoms with Gasteiger partial charge in [0.2, 0.25) is 0 Å². The minimum Gasteiger partial charge on any atom is -0.385 e. The molecule has 0 saturated carbocycles. The number of fused-ring (bicyclic) bond motifs is 1. The number of hydrogen-bond donors (Lipinski definition) is 2. The smallest absolute Gasteiger partial charge is 0.0418 e. The molecule has 0 fully saturated rings. The molecule has 2 nitrogen and oxygen atoms in total. The maximum Gasteiger partial charge on any atom is 0.0418 e. The summed E-state index contributed by atoms with van der Waals surface area (Å²) in [5, 5.41) is 9.28. The first kappa shape index (κ1) is 12.7. The molecule has 1 aliphatic rings. The lowest BCUT2D eigenvalue weighted by atomic mass is 9.99. The van der Waals surface area contributed by atoms with E-state index in [9.17, 15) is 0 Å². The van der Waals surface area contributed by atoms with Gasteiger partial charge in [-0.25, -0.2) is 0 Å². The number of thiophene rings is 1. The highest BCUT2D eigenvalue weighted by Gasteiger charge is 2.11. The van der Waals surface area contributed by atoms with Crippen LogP contribution in [-0.4, -0.2) is 6.54 Å². The van der Waals surface area contributed by atoms with Gasteiger partial charge in [-0.2, -0.15) is 0 Å². The zero-order chi connectivity index (χ0) is 13.1. The fourth-order valence-electron chi connectivity index (χ4n) is 2.62. The van der Waals surface area contributed by atoms with Crippen LogP contribution < -0.4 is 10.6 Å². The molecule has 19 heavy (non-hydrogen) atoms. The van der Waals surface area contributed by atoms with Crippen molar-refractivity contribution in [3.63, 3.8) is 0 Å². The molecule has 2 heterocycles. The number of nitrogens with one attached hydrogen (secondary N) is 2. The Morgan fingerprint density at radius 3 is 3.05 bits per heavy atom. The summed E-state index contributed by atoms with van der Waals surface area (Å²) in [5.74, 6) is 0. The van der Waals surface area contributed by atoms with Gasteiger partial charge >= 0.3 is 0 Å². The Kier molecular flexibility index (Phi) is 3.85. The molecule has 0 bridgehead atoms. The van der Waals surface area contributed by atoms with Crippen molar-refractivity contribution in [1.29, 1.82) is 0 Å². The highest BCUT2D eigenvalue weighted by atomic mass is 32.1. The molecule has 0 radical (unpaired) electrons. The fraction of sp³-hybridized carbons (Fsp3) is 0.375. The average molecular weight is 272 g/mol. The van der Waals surface area contributed by atoms with Crippen LogP contribution in [0.4, 0.5) is 5.69 Å². The van der Waals surface area contributed by atoms with Gasteiger partial charge in [0.05, 0.1) is 0 Å². The summed E-state index contributed by atoms with van der Waals surface area (Å²) in [5.41, 5.74) is 5.62. The van der Waals surface area contributed by atoms with E-state index in [0.717, 1.165) is 19.6 Å². The summed E-state index contributed by atoms with van der Waals surface area (Å²) >= 11 is 1.84. The molecule has 0 spiro atoms. The van der Waals surface area contributed by atoms with E-state index < -0.39 is 0 Å². The molecule has 3 rings (SSSR count). The van der Waals surface area contributed by atoms with Crippen LogP contribution in [-0.2, 0) is 19.5 Å². The van der Waals surface area contributed by atoms with Crippen LogP contribution in [0.2, 0.25) is 0 Å². The number of anilines is 1. The standard InChI is InChI=1S/C16H20N2S/c1-12-7-9-19-15(12)11-17-10-14-5-2-4-13-6-3-8-18-16(13)14/h2,4-5,7,9,17-18H,3,6,8,10-11H2,1H3. The third-order valence-corrected chi connectivity index (χ3v) is 4.75. The van der Waals surface area contributed by atoms with Gasteiger partial charge in [-0.05, 0) is 47.9 Å². The molecular formula is C16H20N2S. The normalized spacial score (nSPS) is 13.9. The van der Waals surface area contributed by atoms with Crippen LogP contribution in [0.15, 0.2) is 29.6 Å². The maximum atomic E-state index is 3.57. The zero-order valence-electron chi connectivity index (χ0n) is 11.3. The van der Waals surface area contributed by atoms with Gasteiger partial charge in [-0.3, -0.25) is 0 Å². The van der Waals surface area contributed by atoms with E-state index in [2.05, 4.69) is 47.2 Å². The van der Waals surface area contributed by atoms with Gasteiger partial charge < -0.3 is 10.6 Å². The van der Waals surface area contributed by atoms with E-state index in [-0.39, 0.29) is 0 Å². The van der Waals surface area contributed by atoms with E-state index in [1.807, 2.05) is 11.3 Å². The molecule has 100 valence electrons. The molecule has 0 aliphatic carbocycles. The molecule has 1 aromatic carbocycles. The average Bonchev–Trinajstić information content (AvgIpc) is 2.85. The first-order valence-corrected chi connectivity index (χ1v) is 7.81. The first-order chi connectivity index (χ1) is 9.34. The monoisotopic (exact) mass is 272 g/mol. The van der Waals surface area contributed by atoms with Crippen molar-refractivity contribution >= 4 is 17.0 Å². The van der Waals surface area contributed by atoms with Crippen LogP contribution in [0.1, 0.15) is 28.0 Å². The van der Waals surface area contributed by atoms with Crippen LogP contribution in [0, 0.1) is 6.92 Å². The Balaban J connectivity index is 1.66. The molecule has 0 amide bonds. The van der Waals surface area contributed by atoms with E-state index in [1.54, 1.807) is 0 Å². The molecule has 3 heteroatoms. The molecule has 0 atom stereocenters. The van der Waals surface area contributed by atoms with Gasteiger partial charge in [0.25, 0.3) is 0 Å². The first-order valence-electron chi connectivity index (χ1n) is 6.93. The second kappa shape index (κ2) is 5.76. The SMILES string of the molecule is Cc1ccsc1CNCc1cccc2c1NCCC2. The van der Waals surface area contributed by atoms with Crippen molar-refractivity contribution < 1.29 is 0 Å².